The van der Waals surface area contributed by atoms with Crippen LogP contribution in [0.2, 0.25) is 0 Å². The zero-order valence-electron chi connectivity index (χ0n) is 19.5. The van der Waals surface area contributed by atoms with Crippen molar-refractivity contribution in [3.8, 4) is 5.75 Å². The molecule has 3 fully saturated rings. The molecular formula is C27H32F3NO3. The molecule has 34 heavy (non-hydrogen) atoms. The predicted molar refractivity (Wildman–Crippen MR) is 124 cm³/mol. The van der Waals surface area contributed by atoms with Crippen LogP contribution in [0, 0.1) is 11.8 Å². The van der Waals surface area contributed by atoms with Crippen LogP contribution in [0.3, 0.4) is 0 Å². The second-order valence-corrected chi connectivity index (χ2v) is 10.5. The molecule has 0 radical (unpaired) electrons. The Balaban J connectivity index is 1.45. The van der Waals surface area contributed by atoms with Gasteiger partial charge in [0.1, 0.15) is 11.3 Å². The van der Waals surface area contributed by atoms with E-state index in [0.717, 1.165) is 44.1 Å². The largest absolute Gasteiger partial charge is 0.490 e. The van der Waals surface area contributed by atoms with Gasteiger partial charge >= 0.3 is 12.1 Å². The minimum absolute atomic E-state index is 0.0703. The molecule has 0 spiro atoms. The van der Waals surface area contributed by atoms with Gasteiger partial charge in [-0.15, -0.1) is 0 Å². The zero-order chi connectivity index (χ0) is 24.0. The molecule has 2 bridgehead atoms. The lowest BCUT2D eigenvalue weighted by Gasteiger charge is -2.37. The first-order valence-electron chi connectivity index (χ1n) is 12.5. The summed E-state index contributed by atoms with van der Waals surface area (Å²) in [5, 5.41) is 10.2. The molecule has 2 aromatic carbocycles. The third-order valence-corrected chi connectivity index (χ3v) is 8.24. The molecule has 0 amide bonds. The van der Waals surface area contributed by atoms with E-state index in [4.69, 9.17) is 4.74 Å². The summed E-state index contributed by atoms with van der Waals surface area (Å²) in [6, 6.07) is 8.76. The van der Waals surface area contributed by atoms with E-state index in [2.05, 4.69) is 11.8 Å². The van der Waals surface area contributed by atoms with Crippen LogP contribution < -0.4 is 4.74 Å². The number of ether oxygens (including phenoxy) is 1. The van der Waals surface area contributed by atoms with Gasteiger partial charge in [0.25, 0.3) is 0 Å². The van der Waals surface area contributed by atoms with Crippen molar-refractivity contribution in [2.45, 2.75) is 89.2 Å². The number of nitrogens with zero attached hydrogens (tertiary/aromatic N) is 1. The Bertz CT molecular complexity index is 1050. The highest BCUT2D eigenvalue weighted by Crippen LogP contribution is 2.44. The maximum Gasteiger partial charge on any atom is 0.420 e. The third kappa shape index (κ3) is 4.51. The molecule has 2 unspecified atom stereocenters. The summed E-state index contributed by atoms with van der Waals surface area (Å²) in [7, 11) is 0. The first kappa shape index (κ1) is 23.5. The zero-order valence-corrected chi connectivity index (χ0v) is 19.5. The van der Waals surface area contributed by atoms with Crippen molar-refractivity contribution in [3.63, 3.8) is 0 Å². The van der Waals surface area contributed by atoms with E-state index in [1.807, 2.05) is 6.07 Å². The highest BCUT2D eigenvalue weighted by molar-refractivity contribution is 5.91. The SMILES string of the molecule is C[C@H]1CC[C@@H](Oc2ccc3c(CN4C5CCC4CC(C(=O)O)C5)cccc3c2C(F)(F)F)CC1. The molecule has 1 saturated carbocycles. The van der Waals surface area contributed by atoms with Crippen LogP contribution in [-0.4, -0.2) is 34.2 Å². The van der Waals surface area contributed by atoms with Gasteiger partial charge in [-0.3, -0.25) is 9.69 Å². The highest BCUT2D eigenvalue weighted by atomic mass is 19.4. The fourth-order valence-electron chi connectivity index (χ4n) is 6.39. The Morgan fingerprint density at radius 2 is 1.68 bits per heavy atom. The van der Waals surface area contributed by atoms with Gasteiger partial charge in [-0.1, -0.05) is 31.2 Å². The predicted octanol–water partition coefficient (Wildman–Crippen LogP) is 6.64. The fourth-order valence-corrected chi connectivity index (χ4v) is 6.39. The number of alkyl halides is 3. The number of carboxylic acids is 1. The highest BCUT2D eigenvalue weighted by Gasteiger charge is 2.43. The first-order chi connectivity index (χ1) is 16.2. The van der Waals surface area contributed by atoms with Gasteiger partial charge in [-0.05, 0) is 79.7 Å². The van der Waals surface area contributed by atoms with Gasteiger partial charge in [0, 0.05) is 18.6 Å². The number of piperidine rings is 1. The van der Waals surface area contributed by atoms with E-state index in [1.165, 1.54) is 6.07 Å². The molecule has 5 rings (SSSR count). The fraction of sp³-hybridized carbons (Fsp3) is 0.593. The minimum atomic E-state index is -4.52. The van der Waals surface area contributed by atoms with E-state index in [9.17, 15) is 23.1 Å². The number of rotatable bonds is 5. The molecule has 0 aromatic heterocycles. The maximum absolute atomic E-state index is 14.3. The molecule has 2 aromatic rings. The first-order valence-corrected chi connectivity index (χ1v) is 12.5. The Kier molecular flexibility index (Phi) is 6.25. The number of carboxylic acid groups (broad SMARTS) is 1. The van der Waals surface area contributed by atoms with Gasteiger partial charge in [0.05, 0.1) is 12.0 Å². The smallest absolute Gasteiger partial charge is 0.420 e. The molecule has 1 aliphatic carbocycles. The van der Waals surface area contributed by atoms with Crippen molar-refractivity contribution in [1.29, 1.82) is 0 Å². The number of hydrogen-bond acceptors (Lipinski definition) is 3. The van der Waals surface area contributed by atoms with E-state index in [0.29, 0.717) is 30.7 Å². The lowest BCUT2D eigenvalue weighted by atomic mass is 9.89. The molecule has 2 heterocycles. The molecule has 184 valence electrons. The molecule has 4 nitrogen and oxygen atoms in total. The van der Waals surface area contributed by atoms with Crippen LogP contribution in [0.5, 0.6) is 5.75 Å². The molecule has 2 atom stereocenters. The number of aliphatic carboxylic acids is 1. The topological polar surface area (TPSA) is 49.8 Å². The van der Waals surface area contributed by atoms with Crippen molar-refractivity contribution in [2.75, 3.05) is 0 Å². The van der Waals surface area contributed by atoms with E-state index in [-0.39, 0.29) is 35.2 Å². The van der Waals surface area contributed by atoms with Gasteiger partial charge in [-0.2, -0.15) is 13.2 Å². The number of benzene rings is 2. The van der Waals surface area contributed by atoms with Crippen LogP contribution in [0.25, 0.3) is 10.8 Å². The number of fused-ring (bicyclic) bond motifs is 3. The average molecular weight is 476 g/mol. The molecule has 2 saturated heterocycles. The molecule has 7 heteroatoms. The summed E-state index contributed by atoms with van der Waals surface area (Å²) in [5.74, 6) is -0.534. The van der Waals surface area contributed by atoms with Crippen molar-refractivity contribution >= 4 is 16.7 Å². The summed E-state index contributed by atoms with van der Waals surface area (Å²) in [6.07, 6.45) is 1.95. The Morgan fingerprint density at radius 1 is 1.00 bits per heavy atom. The second-order valence-electron chi connectivity index (χ2n) is 10.5. The average Bonchev–Trinajstić information content (AvgIpc) is 3.00. The van der Waals surface area contributed by atoms with Crippen LogP contribution in [0.1, 0.15) is 69.4 Å². The number of carbonyl (C=O) groups is 1. The number of hydrogen-bond donors (Lipinski definition) is 1. The van der Waals surface area contributed by atoms with Gasteiger partial charge in [-0.25, -0.2) is 0 Å². The lowest BCUT2D eigenvalue weighted by molar-refractivity contribution is -0.144. The Hall–Kier alpha value is -2.28. The Labute approximate surface area is 198 Å². The van der Waals surface area contributed by atoms with Crippen molar-refractivity contribution in [2.24, 2.45) is 11.8 Å². The normalized spacial score (nSPS) is 29.9. The maximum atomic E-state index is 14.3. The van der Waals surface area contributed by atoms with Gasteiger partial charge in [0.2, 0.25) is 0 Å². The summed E-state index contributed by atoms with van der Waals surface area (Å²) in [6.45, 7) is 2.71. The standard InChI is InChI=1S/C27H32F3NO3/c1-16-5-9-21(10-6-16)34-24-12-11-22-17(3-2-4-23(22)25(24)27(28,29)30)15-31-19-7-8-20(31)14-18(13-19)26(32)33/h2-4,11-12,16,18-21H,5-10,13-15H2,1H3,(H,32,33)/t16-,18?,19?,20?,21+. The van der Waals surface area contributed by atoms with Crippen LogP contribution >= 0.6 is 0 Å². The monoisotopic (exact) mass is 475 g/mol. The molecule has 1 N–H and O–H groups in total. The number of halogens is 3. The van der Waals surface area contributed by atoms with E-state index < -0.39 is 17.7 Å². The Morgan fingerprint density at radius 3 is 2.29 bits per heavy atom. The third-order valence-electron chi connectivity index (χ3n) is 8.24. The van der Waals surface area contributed by atoms with E-state index >= 15 is 0 Å². The summed E-state index contributed by atoms with van der Waals surface area (Å²) < 4.78 is 48.8. The molecule has 2 aliphatic heterocycles. The lowest BCUT2D eigenvalue weighted by Crippen LogP contribution is -2.44. The molecule has 3 aliphatic rings. The van der Waals surface area contributed by atoms with Crippen LogP contribution in [0.15, 0.2) is 30.3 Å². The van der Waals surface area contributed by atoms with Crippen LogP contribution in [-0.2, 0) is 17.5 Å². The summed E-state index contributed by atoms with van der Waals surface area (Å²) >= 11 is 0. The molecular weight excluding hydrogens is 443 g/mol. The second kappa shape index (κ2) is 9.06. The van der Waals surface area contributed by atoms with Crippen molar-refractivity contribution in [3.05, 3.63) is 41.5 Å². The van der Waals surface area contributed by atoms with Crippen molar-refractivity contribution < 1.29 is 27.8 Å². The van der Waals surface area contributed by atoms with Gasteiger partial charge in [0.15, 0.2) is 0 Å². The van der Waals surface area contributed by atoms with E-state index in [1.54, 1.807) is 18.2 Å². The van der Waals surface area contributed by atoms with Crippen molar-refractivity contribution in [1.82, 2.24) is 4.90 Å². The summed E-state index contributed by atoms with van der Waals surface area (Å²) in [5.41, 5.74) is 0.171. The van der Waals surface area contributed by atoms with Gasteiger partial charge < -0.3 is 9.84 Å². The quantitative estimate of drug-likeness (QED) is 0.526. The summed E-state index contributed by atoms with van der Waals surface area (Å²) in [4.78, 5) is 13.8. The minimum Gasteiger partial charge on any atom is -0.490 e. The van der Waals surface area contributed by atoms with Crippen LogP contribution in [0.4, 0.5) is 13.2 Å².